The Morgan fingerprint density at radius 1 is 1.04 bits per heavy atom. The van der Waals surface area contributed by atoms with Crippen molar-refractivity contribution < 1.29 is 27.4 Å². The second-order valence-electron chi connectivity index (χ2n) is 5.72. The quantitative estimate of drug-likeness (QED) is 0.708. The number of carbonyl (C=O) groups excluding carboxylic acids is 1. The van der Waals surface area contributed by atoms with Gasteiger partial charge in [-0.1, -0.05) is 36.4 Å². The van der Waals surface area contributed by atoms with Gasteiger partial charge in [0.25, 0.3) is 0 Å². The molecule has 0 amide bonds. The zero-order valence-corrected chi connectivity index (χ0v) is 14.8. The van der Waals surface area contributed by atoms with E-state index in [9.17, 15) is 13.2 Å². The van der Waals surface area contributed by atoms with Gasteiger partial charge in [0.1, 0.15) is 6.61 Å². The van der Waals surface area contributed by atoms with Crippen LogP contribution in [0.15, 0.2) is 48.5 Å². The fourth-order valence-electron chi connectivity index (χ4n) is 2.34. The summed E-state index contributed by atoms with van der Waals surface area (Å²) in [5.74, 6) is 0.344. The van der Waals surface area contributed by atoms with Crippen LogP contribution in [-0.2, 0) is 32.7 Å². The number of benzene rings is 2. The maximum Gasteiger partial charge on any atom is 0.307 e. The Labute approximate surface area is 151 Å². The van der Waals surface area contributed by atoms with Gasteiger partial charge in [0.05, 0.1) is 12.2 Å². The van der Waals surface area contributed by atoms with E-state index in [1.54, 1.807) is 18.2 Å². The van der Waals surface area contributed by atoms with Gasteiger partial charge in [0.15, 0.2) is 11.5 Å². The molecule has 0 spiro atoms. The molecule has 7 nitrogen and oxygen atoms in total. The SMILES string of the molecule is O=C(CCS(=O)(=O)NCc1ccc2c(c1)OCO2)OCc1ccccc1. The first-order chi connectivity index (χ1) is 12.5. The van der Waals surface area contributed by atoms with E-state index < -0.39 is 16.0 Å². The molecule has 2 aromatic carbocycles. The highest BCUT2D eigenvalue weighted by Crippen LogP contribution is 2.32. The smallest absolute Gasteiger partial charge is 0.307 e. The van der Waals surface area contributed by atoms with Crippen LogP contribution in [0.1, 0.15) is 17.5 Å². The van der Waals surface area contributed by atoms with Gasteiger partial charge in [-0.2, -0.15) is 0 Å². The summed E-state index contributed by atoms with van der Waals surface area (Å²) in [4.78, 5) is 11.7. The summed E-state index contributed by atoms with van der Waals surface area (Å²) in [5, 5.41) is 0. The lowest BCUT2D eigenvalue weighted by atomic mass is 10.2. The van der Waals surface area contributed by atoms with Gasteiger partial charge in [-0.25, -0.2) is 13.1 Å². The molecule has 1 heterocycles. The van der Waals surface area contributed by atoms with Crippen LogP contribution in [0.25, 0.3) is 0 Å². The first-order valence-electron chi connectivity index (χ1n) is 8.07. The monoisotopic (exact) mass is 377 g/mol. The summed E-state index contributed by atoms with van der Waals surface area (Å²) in [6, 6.07) is 14.4. The molecule has 3 rings (SSSR count). The summed E-state index contributed by atoms with van der Waals surface area (Å²) in [5.41, 5.74) is 1.59. The number of sulfonamides is 1. The van der Waals surface area contributed by atoms with Gasteiger partial charge in [-0.3, -0.25) is 4.79 Å². The van der Waals surface area contributed by atoms with Crippen LogP contribution in [0.4, 0.5) is 0 Å². The lowest BCUT2D eigenvalue weighted by Crippen LogP contribution is -2.27. The third kappa shape index (κ3) is 5.21. The molecule has 26 heavy (non-hydrogen) atoms. The Morgan fingerprint density at radius 2 is 1.81 bits per heavy atom. The van der Waals surface area contributed by atoms with Gasteiger partial charge in [-0.15, -0.1) is 0 Å². The van der Waals surface area contributed by atoms with Crippen LogP contribution < -0.4 is 14.2 Å². The van der Waals surface area contributed by atoms with E-state index in [1.165, 1.54) is 0 Å². The second kappa shape index (κ2) is 8.20. The van der Waals surface area contributed by atoms with Gasteiger partial charge >= 0.3 is 5.97 Å². The van der Waals surface area contributed by atoms with E-state index in [0.29, 0.717) is 11.5 Å². The second-order valence-corrected chi connectivity index (χ2v) is 7.65. The molecule has 2 aromatic rings. The van der Waals surface area contributed by atoms with E-state index in [-0.39, 0.29) is 32.1 Å². The number of hydrogen-bond donors (Lipinski definition) is 1. The van der Waals surface area contributed by atoms with E-state index in [1.807, 2.05) is 30.3 Å². The van der Waals surface area contributed by atoms with E-state index in [0.717, 1.165) is 11.1 Å². The maximum atomic E-state index is 12.0. The van der Waals surface area contributed by atoms with Crippen LogP contribution in [0.3, 0.4) is 0 Å². The van der Waals surface area contributed by atoms with Crippen LogP contribution in [0.5, 0.6) is 11.5 Å². The Balaban J connectivity index is 1.43. The van der Waals surface area contributed by atoms with Gasteiger partial charge in [-0.05, 0) is 23.3 Å². The number of fused-ring (bicyclic) bond motifs is 1. The maximum absolute atomic E-state index is 12.0. The minimum atomic E-state index is -3.59. The van der Waals surface area contributed by atoms with Crippen LogP contribution in [-0.4, -0.2) is 26.9 Å². The van der Waals surface area contributed by atoms with Crippen molar-refractivity contribution in [2.24, 2.45) is 0 Å². The molecule has 0 radical (unpaired) electrons. The zero-order valence-electron chi connectivity index (χ0n) is 14.0. The zero-order chi connectivity index (χ0) is 18.4. The first-order valence-corrected chi connectivity index (χ1v) is 9.72. The summed E-state index contributed by atoms with van der Waals surface area (Å²) in [7, 11) is -3.59. The predicted octanol–water partition coefficient (Wildman–Crippen LogP) is 1.97. The van der Waals surface area contributed by atoms with E-state index >= 15 is 0 Å². The van der Waals surface area contributed by atoms with Crippen molar-refractivity contribution >= 4 is 16.0 Å². The largest absolute Gasteiger partial charge is 0.461 e. The molecule has 0 saturated carbocycles. The molecule has 1 aliphatic heterocycles. The number of hydrogen-bond acceptors (Lipinski definition) is 6. The third-order valence-electron chi connectivity index (χ3n) is 3.75. The molecule has 0 aromatic heterocycles. The van der Waals surface area contributed by atoms with Crippen molar-refractivity contribution in [3.63, 3.8) is 0 Å². The van der Waals surface area contributed by atoms with Gasteiger partial charge < -0.3 is 14.2 Å². The lowest BCUT2D eigenvalue weighted by molar-refractivity contribution is -0.144. The number of ether oxygens (including phenoxy) is 3. The van der Waals surface area contributed by atoms with Crippen molar-refractivity contribution in [1.29, 1.82) is 0 Å². The van der Waals surface area contributed by atoms with Crippen molar-refractivity contribution in [3.8, 4) is 11.5 Å². The number of esters is 1. The average molecular weight is 377 g/mol. The fraction of sp³-hybridized carbons (Fsp3) is 0.278. The van der Waals surface area contributed by atoms with Crippen molar-refractivity contribution in [2.45, 2.75) is 19.6 Å². The van der Waals surface area contributed by atoms with Crippen molar-refractivity contribution in [3.05, 3.63) is 59.7 Å². The van der Waals surface area contributed by atoms with Crippen molar-refractivity contribution in [2.75, 3.05) is 12.5 Å². The molecule has 0 saturated heterocycles. The Bertz CT molecular complexity index is 867. The summed E-state index contributed by atoms with van der Waals surface area (Å²) in [6.45, 7) is 0.401. The molecule has 1 aliphatic rings. The van der Waals surface area contributed by atoms with Gasteiger partial charge in [0.2, 0.25) is 16.8 Å². The number of nitrogens with one attached hydrogen (secondary N) is 1. The molecule has 8 heteroatoms. The normalized spacial score (nSPS) is 12.8. The summed E-state index contributed by atoms with van der Waals surface area (Å²) in [6.07, 6.45) is -0.205. The van der Waals surface area contributed by atoms with E-state index in [4.69, 9.17) is 14.2 Å². The van der Waals surface area contributed by atoms with Crippen LogP contribution >= 0.6 is 0 Å². The average Bonchev–Trinajstić information content (AvgIpc) is 3.12. The topological polar surface area (TPSA) is 90.9 Å². The summed E-state index contributed by atoms with van der Waals surface area (Å²) < 4.78 is 42.1. The molecule has 0 unspecified atom stereocenters. The Kier molecular flexibility index (Phi) is 5.75. The Hall–Kier alpha value is -2.58. The molecule has 0 aliphatic carbocycles. The number of carbonyl (C=O) groups is 1. The molecule has 0 bridgehead atoms. The summed E-state index contributed by atoms with van der Waals surface area (Å²) >= 11 is 0. The standard InChI is InChI=1S/C18H19NO6S/c20-18(23-12-14-4-2-1-3-5-14)8-9-26(21,22)19-11-15-6-7-16-17(10-15)25-13-24-16/h1-7,10,19H,8-9,11-13H2. The Morgan fingerprint density at radius 3 is 2.62 bits per heavy atom. The minimum Gasteiger partial charge on any atom is -0.461 e. The van der Waals surface area contributed by atoms with Gasteiger partial charge in [0, 0.05) is 6.54 Å². The third-order valence-corrected chi connectivity index (χ3v) is 5.08. The molecule has 138 valence electrons. The van der Waals surface area contributed by atoms with E-state index in [2.05, 4.69) is 4.72 Å². The molecule has 0 fully saturated rings. The van der Waals surface area contributed by atoms with Crippen LogP contribution in [0.2, 0.25) is 0 Å². The number of rotatable bonds is 8. The fourth-order valence-corrected chi connectivity index (χ4v) is 3.31. The predicted molar refractivity (Wildman–Crippen MR) is 94.0 cm³/mol. The van der Waals surface area contributed by atoms with Crippen molar-refractivity contribution in [1.82, 2.24) is 4.72 Å². The molecular formula is C18H19NO6S. The first kappa shape index (κ1) is 18.2. The highest BCUT2D eigenvalue weighted by Gasteiger charge is 2.16. The van der Waals surface area contributed by atoms with Crippen LogP contribution in [0, 0.1) is 0 Å². The molecule has 0 atom stereocenters. The molecule has 1 N–H and O–H groups in total. The highest BCUT2D eigenvalue weighted by atomic mass is 32.2. The molecular weight excluding hydrogens is 358 g/mol. The lowest BCUT2D eigenvalue weighted by Gasteiger charge is -2.08. The highest BCUT2D eigenvalue weighted by molar-refractivity contribution is 7.89. The minimum absolute atomic E-state index is 0.109.